The molecule has 3 nitrogen and oxygen atoms in total. The van der Waals surface area contributed by atoms with Gasteiger partial charge in [0.1, 0.15) is 11.6 Å². The molecule has 1 aromatic heterocycles. The first kappa shape index (κ1) is 12.3. The maximum absolute atomic E-state index is 6.32. The lowest BCUT2D eigenvalue weighted by molar-refractivity contribution is 0.711. The minimum absolute atomic E-state index is 0.618. The number of benzene rings is 1. The first-order chi connectivity index (χ1) is 9.29. The Labute approximate surface area is 114 Å². The van der Waals surface area contributed by atoms with Crippen molar-refractivity contribution in [2.24, 2.45) is 0 Å². The molecule has 2 N–H and O–H groups in total. The molecule has 0 amide bonds. The van der Waals surface area contributed by atoms with Gasteiger partial charge in [0, 0.05) is 12.3 Å². The van der Waals surface area contributed by atoms with Crippen LogP contribution in [-0.4, -0.2) is 9.55 Å². The Balaban J connectivity index is 1.93. The highest BCUT2D eigenvalue weighted by Gasteiger charge is 2.30. The lowest BCUT2D eigenvalue weighted by Gasteiger charge is -2.09. The van der Waals surface area contributed by atoms with Gasteiger partial charge < -0.3 is 10.3 Å². The number of rotatable bonds is 5. The van der Waals surface area contributed by atoms with Crippen molar-refractivity contribution < 1.29 is 0 Å². The topological polar surface area (TPSA) is 43.8 Å². The van der Waals surface area contributed by atoms with E-state index < -0.39 is 0 Å². The van der Waals surface area contributed by atoms with Crippen LogP contribution in [0.4, 0.5) is 5.82 Å². The summed E-state index contributed by atoms with van der Waals surface area (Å²) in [5.41, 5.74) is 8.75. The van der Waals surface area contributed by atoms with Gasteiger partial charge in [-0.1, -0.05) is 37.3 Å². The van der Waals surface area contributed by atoms with Crippen LogP contribution in [0.2, 0.25) is 0 Å². The zero-order valence-electron chi connectivity index (χ0n) is 11.5. The van der Waals surface area contributed by atoms with Crippen molar-refractivity contribution in [3.63, 3.8) is 0 Å². The van der Waals surface area contributed by atoms with E-state index in [1.165, 1.54) is 18.4 Å². The van der Waals surface area contributed by atoms with Crippen molar-refractivity contribution in [1.82, 2.24) is 9.55 Å². The molecule has 0 spiro atoms. The molecule has 0 saturated heterocycles. The van der Waals surface area contributed by atoms with Crippen LogP contribution in [0.3, 0.4) is 0 Å². The Morgan fingerprint density at radius 1 is 1.26 bits per heavy atom. The second kappa shape index (κ2) is 5.08. The Hall–Kier alpha value is -1.77. The van der Waals surface area contributed by atoms with E-state index in [0.717, 1.165) is 36.7 Å². The zero-order chi connectivity index (χ0) is 13.2. The molecule has 3 heteroatoms. The average molecular weight is 255 g/mol. The van der Waals surface area contributed by atoms with Gasteiger partial charge in [0.25, 0.3) is 0 Å². The third-order valence-corrected chi connectivity index (χ3v) is 3.74. The number of nitrogens with zero attached hydrogens (tertiary/aromatic N) is 2. The van der Waals surface area contributed by atoms with E-state index >= 15 is 0 Å². The van der Waals surface area contributed by atoms with E-state index in [1.54, 1.807) is 0 Å². The van der Waals surface area contributed by atoms with E-state index in [2.05, 4.69) is 35.8 Å². The van der Waals surface area contributed by atoms with Crippen molar-refractivity contribution in [1.29, 1.82) is 0 Å². The molecular formula is C16H21N3. The smallest absolute Gasteiger partial charge is 0.127 e. The standard InChI is InChI=1S/C16H21N3/c1-2-6-14-18-15(13-9-10-13)16(17)19(14)11-12-7-4-3-5-8-12/h3-5,7-8,13H,2,6,9-11,17H2,1H3. The van der Waals surface area contributed by atoms with E-state index in [9.17, 15) is 0 Å². The first-order valence-electron chi connectivity index (χ1n) is 7.18. The number of anilines is 1. The lowest BCUT2D eigenvalue weighted by Crippen LogP contribution is -2.08. The molecule has 0 radical (unpaired) electrons. The molecule has 1 aliphatic rings. The van der Waals surface area contributed by atoms with Gasteiger partial charge in [-0.05, 0) is 24.8 Å². The Bertz CT molecular complexity index is 553. The second-order valence-electron chi connectivity index (χ2n) is 5.39. The van der Waals surface area contributed by atoms with Crippen LogP contribution in [0.1, 0.15) is 49.2 Å². The van der Waals surface area contributed by atoms with Crippen LogP contribution in [0.25, 0.3) is 0 Å². The van der Waals surface area contributed by atoms with Crippen molar-refractivity contribution in [3.05, 3.63) is 47.4 Å². The van der Waals surface area contributed by atoms with Crippen LogP contribution < -0.4 is 5.73 Å². The molecule has 1 fully saturated rings. The molecule has 0 bridgehead atoms. The molecular weight excluding hydrogens is 234 g/mol. The van der Waals surface area contributed by atoms with E-state index in [4.69, 9.17) is 10.7 Å². The van der Waals surface area contributed by atoms with Gasteiger partial charge in [-0.2, -0.15) is 0 Å². The normalized spacial score (nSPS) is 14.8. The van der Waals surface area contributed by atoms with Crippen LogP contribution in [0, 0.1) is 0 Å². The highest BCUT2D eigenvalue weighted by atomic mass is 15.1. The summed E-state index contributed by atoms with van der Waals surface area (Å²) >= 11 is 0. The summed E-state index contributed by atoms with van der Waals surface area (Å²) in [4.78, 5) is 4.80. The van der Waals surface area contributed by atoms with Crippen molar-refractivity contribution in [2.45, 2.75) is 45.1 Å². The monoisotopic (exact) mass is 255 g/mol. The predicted octanol–water partition coefficient (Wildman–Crippen LogP) is 3.34. The molecule has 1 heterocycles. The fourth-order valence-electron chi connectivity index (χ4n) is 2.55. The van der Waals surface area contributed by atoms with Crippen LogP contribution >= 0.6 is 0 Å². The predicted molar refractivity (Wildman–Crippen MR) is 78.2 cm³/mol. The Kier molecular flexibility index (Phi) is 3.28. The summed E-state index contributed by atoms with van der Waals surface area (Å²) in [6.45, 7) is 3.02. The van der Waals surface area contributed by atoms with Gasteiger partial charge in [0.15, 0.2) is 0 Å². The van der Waals surface area contributed by atoms with Crippen LogP contribution in [0.15, 0.2) is 30.3 Å². The molecule has 1 aliphatic carbocycles. The first-order valence-corrected chi connectivity index (χ1v) is 7.18. The highest BCUT2D eigenvalue weighted by molar-refractivity contribution is 5.43. The van der Waals surface area contributed by atoms with Crippen molar-refractivity contribution in [2.75, 3.05) is 5.73 Å². The minimum Gasteiger partial charge on any atom is -0.384 e. The van der Waals surface area contributed by atoms with Gasteiger partial charge in [0.2, 0.25) is 0 Å². The molecule has 2 aromatic rings. The molecule has 19 heavy (non-hydrogen) atoms. The number of hydrogen-bond donors (Lipinski definition) is 1. The Morgan fingerprint density at radius 2 is 2.00 bits per heavy atom. The number of nitrogen functional groups attached to an aromatic ring is 1. The fraction of sp³-hybridized carbons (Fsp3) is 0.438. The highest BCUT2D eigenvalue weighted by Crippen LogP contribution is 2.42. The molecule has 100 valence electrons. The summed E-state index contributed by atoms with van der Waals surface area (Å²) in [5, 5.41) is 0. The van der Waals surface area contributed by atoms with Crippen molar-refractivity contribution >= 4 is 5.82 Å². The maximum atomic E-state index is 6.32. The molecule has 1 saturated carbocycles. The molecule has 1 aromatic carbocycles. The van der Waals surface area contributed by atoms with E-state index in [1.807, 2.05) is 6.07 Å². The lowest BCUT2D eigenvalue weighted by atomic mass is 10.2. The summed E-state index contributed by atoms with van der Waals surface area (Å²) < 4.78 is 2.20. The van der Waals surface area contributed by atoms with Crippen LogP contribution in [0.5, 0.6) is 0 Å². The summed E-state index contributed by atoms with van der Waals surface area (Å²) in [6, 6.07) is 10.5. The quantitative estimate of drug-likeness (QED) is 0.890. The number of imidazole rings is 1. The van der Waals surface area contributed by atoms with Gasteiger partial charge in [-0.25, -0.2) is 4.98 Å². The molecule has 3 rings (SSSR count). The van der Waals surface area contributed by atoms with Crippen molar-refractivity contribution in [3.8, 4) is 0 Å². The summed E-state index contributed by atoms with van der Waals surface area (Å²) in [7, 11) is 0. The largest absolute Gasteiger partial charge is 0.384 e. The van der Waals surface area contributed by atoms with Gasteiger partial charge in [0.05, 0.1) is 12.2 Å². The maximum Gasteiger partial charge on any atom is 0.127 e. The van der Waals surface area contributed by atoms with Gasteiger partial charge >= 0.3 is 0 Å². The third-order valence-electron chi connectivity index (χ3n) is 3.74. The minimum atomic E-state index is 0.618. The second-order valence-corrected chi connectivity index (χ2v) is 5.39. The van der Waals surface area contributed by atoms with Crippen LogP contribution in [-0.2, 0) is 13.0 Å². The zero-order valence-corrected chi connectivity index (χ0v) is 11.5. The number of nitrogens with two attached hydrogens (primary N) is 1. The fourth-order valence-corrected chi connectivity index (χ4v) is 2.55. The number of aromatic nitrogens is 2. The summed E-state index contributed by atoms with van der Waals surface area (Å²) in [6.07, 6.45) is 4.61. The van der Waals surface area contributed by atoms with Gasteiger partial charge in [-0.3, -0.25) is 0 Å². The van der Waals surface area contributed by atoms with E-state index in [-0.39, 0.29) is 0 Å². The number of hydrogen-bond acceptors (Lipinski definition) is 2. The van der Waals surface area contributed by atoms with Gasteiger partial charge in [-0.15, -0.1) is 0 Å². The molecule has 0 aliphatic heterocycles. The number of aryl methyl sites for hydroxylation is 1. The SMILES string of the molecule is CCCc1nc(C2CC2)c(N)n1Cc1ccccc1. The molecule has 0 unspecified atom stereocenters. The summed E-state index contributed by atoms with van der Waals surface area (Å²) in [5.74, 6) is 2.65. The Morgan fingerprint density at radius 3 is 2.63 bits per heavy atom. The van der Waals surface area contributed by atoms with E-state index in [0.29, 0.717) is 5.92 Å². The third kappa shape index (κ3) is 2.50. The molecule has 0 atom stereocenters. The average Bonchev–Trinajstić information content (AvgIpc) is 3.22.